The first-order valence-electron chi connectivity index (χ1n) is 25.4. The number of aromatic nitrogens is 2. The first-order valence-corrected chi connectivity index (χ1v) is 26.2. The van der Waals surface area contributed by atoms with Crippen molar-refractivity contribution in [2.24, 2.45) is 18.7 Å². The largest absolute Gasteiger partial charge is 0.488 e. The Morgan fingerprint density at radius 3 is 2.31 bits per heavy atom. The van der Waals surface area contributed by atoms with Crippen molar-refractivity contribution in [3.8, 4) is 22.6 Å². The second-order valence-electron chi connectivity index (χ2n) is 20.3. The SMILES string of the molecule is C[C@H]1c2c(cc(Cl)c(Cl)c2-c2c(C(N)=O)ccc(OCCO)c2F)O[C@]1(CNC1CCC(C(=O)N2CCC(N3CCC(c4c(F)cc5c(N6CCC(=O)NC6=O)nn(C)c5c4F)CC3)CC2)CC1)c1ccccc1. The lowest BCUT2D eigenvalue weighted by atomic mass is 9.77. The number of imide groups is 1. The Balaban J connectivity index is 0.758. The van der Waals surface area contributed by atoms with Crippen molar-refractivity contribution in [1.29, 1.82) is 0 Å². The number of ether oxygens (including phenoxy) is 2. The molecule has 5 heterocycles. The number of primary amides is 1. The first kappa shape index (κ1) is 51.6. The van der Waals surface area contributed by atoms with Crippen LogP contribution in [0, 0.1) is 23.4 Å². The molecule has 74 heavy (non-hydrogen) atoms. The van der Waals surface area contributed by atoms with Crippen LogP contribution in [0.5, 0.6) is 11.5 Å². The lowest BCUT2D eigenvalue weighted by Gasteiger charge is -2.43. The predicted octanol–water partition coefficient (Wildman–Crippen LogP) is 8.29. The molecule has 0 unspecified atom stereocenters. The summed E-state index contributed by atoms with van der Waals surface area (Å²) in [5, 5.41) is 20.1. The molecule has 5 aliphatic rings. The maximum atomic E-state index is 16.6. The minimum Gasteiger partial charge on any atom is -0.488 e. The number of rotatable bonds is 13. The number of amides is 5. The molecule has 5 aromatic rings. The summed E-state index contributed by atoms with van der Waals surface area (Å²) in [6.07, 6.45) is 5.78. The molecular formula is C54H59Cl2F3N8O7. The van der Waals surface area contributed by atoms with Crippen molar-refractivity contribution >= 4 is 63.7 Å². The van der Waals surface area contributed by atoms with E-state index >= 15 is 13.2 Å². The Morgan fingerprint density at radius 1 is 0.919 bits per heavy atom. The molecule has 1 aliphatic carbocycles. The normalized spacial score (nSPS) is 23.0. The maximum absolute atomic E-state index is 16.6. The van der Waals surface area contributed by atoms with Gasteiger partial charge in [0, 0.05) is 91.9 Å². The van der Waals surface area contributed by atoms with E-state index < -0.39 is 46.8 Å². The fraction of sp³-hybridized carbons (Fsp3) is 0.463. The van der Waals surface area contributed by atoms with E-state index in [9.17, 15) is 24.3 Å². The molecule has 392 valence electrons. The summed E-state index contributed by atoms with van der Waals surface area (Å²) < 4.78 is 62.5. The molecule has 0 radical (unpaired) electrons. The number of nitrogens with zero attached hydrogens (tertiary/aromatic N) is 5. The number of hydrogen-bond donors (Lipinski definition) is 4. The van der Waals surface area contributed by atoms with Gasteiger partial charge in [0.2, 0.25) is 17.7 Å². The number of carbonyl (C=O) groups is 4. The van der Waals surface area contributed by atoms with E-state index in [2.05, 4.69) is 20.6 Å². The van der Waals surface area contributed by atoms with Gasteiger partial charge in [0.15, 0.2) is 28.8 Å². The molecule has 4 aromatic carbocycles. The minimum atomic E-state index is -1.03. The van der Waals surface area contributed by atoms with Crippen molar-refractivity contribution in [1.82, 2.24) is 30.2 Å². The third kappa shape index (κ3) is 9.34. The highest BCUT2D eigenvalue weighted by Gasteiger charge is 2.50. The summed E-state index contributed by atoms with van der Waals surface area (Å²) in [5.74, 6) is -3.98. The number of aryl methyl sites for hydroxylation is 1. The van der Waals surface area contributed by atoms with Gasteiger partial charge in [-0.2, -0.15) is 5.10 Å². The Labute approximate surface area is 436 Å². The summed E-state index contributed by atoms with van der Waals surface area (Å²) in [6, 6.07) is 14.9. The van der Waals surface area contributed by atoms with Gasteiger partial charge in [-0.3, -0.25) is 29.3 Å². The predicted molar refractivity (Wildman–Crippen MR) is 273 cm³/mol. The molecule has 20 heteroatoms. The van der Waals surface area contributed by atoms with E-state index in [1.807, 2.05) is 42.2 Å². The van der Waals surface area contributed by atoms with Crippen LogP contribution in [0.15, 0.2) is 54.6 Å². The number of aliphatic hydroxyl groups excluding tert-OH is 1. The molecule has 10 rings (SSSR count). The molecule has 15 nitrogen and oxygen atoms in total. The van der Waals surface area contributed by atoms with Crippen LogP contribution in [0.2, 0.25) is 10.0 Å². The van der Waals surface area contributed by atoms with Crippen LogP contribution in [0.25, 0.3) is 22.0 Å². The summed E-state index contributed by atoms with van der Waals surface area (Å²) in [5.41, 5.74) is 6.20. The van der Waals surface area contributed by atoms with Crippen LogP contribution in [0.4, 0.5) is 23.8 Å². The number of carbonyl (C=O) groups excluding carboxylic acids is 4. The molecule has 4 aliphatic heterocycles. The molecule has 2 atom stereocenters. The van der Waals surface area contributed by atoms with Crippen molar-refractivity contribution < 1.29 is 46.9 Å². The van der Waals surface area contributed by atoms with Crippen molar-refractivity contribution in [2.45, 2.75) is 94.2 Å². The van der Waals surface area contributed by atoms with Gasteiger partial charge in [-0.25, -0.2) is 18.0 Å². The number of urea groups is 1. The van der Waals surface area contributed by atoms with E-state index in [0.29, 0.717) is 69.7 Å². The molecule has 5 N–H and O–H groups in total. The highest BCUT2D eigenvalue weighted by molar-refractivity contribution is 6.44. The van der Waals surface area contributed by atoms with Gasteiger partial charge in [-0.05, 0) is 94.1 Å². The number of benzene rings is 4. The molecule has 3 saturated heterocycles. The second-order valence-corrected chi connectivity index (χ2v) is 21.0. The Morgan fingerprint density at radius 2 is 1.64 bits per heavy atom. The van der Waals surface area contributed by atoms with Gasteiger partial charge in [0.05, 0.1) is 27.6 Å². The third-order valence-electron chi connectivity index (χ3n) is 16.2. The number of nitrogens with one attached hydrogen (secondary N) is 2. The van der Waals surface area contributed by atoms with Crippen LogP contribution in [0.1, 0.15) is 104 Å². The number of nitrogens with two attached hydrogens (primary N) is 1. The fourth-order valence-electron chi connectivity index (χ4n) is 12.3. The Kier molecular flexibility index (Phi) is 14.6. The topological polar surface area (TPSA) is 185 Å². The highest BCUT2D eigenvalue weighted by Crippen LogP contribution is 2.57. The smallest absolute Gasteiger partial charge is 0.329 e. The summed E-state index contributed by atoms with van der Waals surface area (Å²) >= 11 is 13.7. The van der Waals surface area contributed by atoms with Crippen LogP contribution < -0.4 is 30.7 Å². The van der Waals surface area contributed by atoms with Crippen LogP contribution in [-0.2, 0) is 22.2 Å². The number of halogens is 5. The zero-order valence-corrected chi connectivity index (χ0v) is 42.7. The minimum absolute atomic E-state index is 0.0163. The van der Waals surface area contributed by atoms with Crippen molar-refractivity contribution in [2.75, 3.05) is 57.4 Å². The first-order chi connectivity index (χ1) is 35.6. The Bertz CT molecular complexity index is 3010. The summed E-state index contributed by atoms with van der Waals surface area (Å²) in [7, 11) is 1.56. The average molecular weight is 1060 g/mol. The second kappa shape index (κ2) is 21.0. The quantitative estimate of drug-likeness (QED) is 0.0895. The average Bonchev–Trinajstić information content (AvgIpc) is 3.88. The van der Waals surface area contributed by atoms with Crippen LogP contribution in [-0.4, -0.2) is 113 Å². The van der Waals surface area contributed by atoms with Crippen LogP contribution >= 0.6 is 23.2 Å². The maximum Gasteiger partial charge on any atom is 0.329 e. The van der Waals surface area contributed by atoms with Crippen molar-refractivity contribution in [3.05, 3.63) is 104 Å². The van der Waals surface area contributed by atoms with Gasteiger partial charge >= 0.3 is 6.03 Å². The third-order valence-corrected chi connectivity index (χ3v) is 17.0. The van der Waals surface area contributed by atoms with Gasteiger partial charge in [0.1, 0.15) is 23.7 Å². The molecule has 1 aromatic heterocycles. The van der Waals surface area contributed by atoms with Gasteiger partial charge in [-0.15, -0.1) is 0 Å². The standard InChI is InChI=1S/C54H59Cl2F3N8O7/c1-29-42-40(27-37(55)46(56)45(42)44-35(50(60)70)12-13-39(47(44)58)73-25-24-68)74-54(29,32-6-4-3-5-7-32)28-61-33-10-8-31(9-11-33)52(71)66-21-16-34(17-22-66)65-19-14-30(15-20-65)43-38(57)26-36-49(48(43)59)64(2)63-51(36)67-23-18-41(69)62-53(67)72/h3-7,12-13,26-27,29-31,33-34,61,68H,8-11,14-25,28H2,1-2H3,(H2,60,70)(H,62,69,72)/t29-,31?,33?,54-/m0/s1. The molecular weight excluding hydrogens is 1000 g/mol. The fourth-order valence-corrected chi connectivity index (χ4v) is 12.7. The van der Waals surface area contributed by atoms with Crippen molar-refractivity contribution in [3.63, 3.8) is 0 Å². The lowest BCUT2D eigenvalue weighted by molar-refractivity contribution is -0.138. The molecule has 1 saturated carbocycles. The van der Waals surface area contributed by atoms with E-state index in [4.69, 9.17) is 38.4 Å². The highest BCUT2D eigenvalue weighted by atomic mass is 35.5. The number of likely N-dealkylation sites (tertiary alicyclic amines) is 2. The summed E-state index contributed by atoms with van der Waals surface area (Å²) in [6.45, 7) is 4.46. The van der Waals surface area contributed by atoms with E-state index in [1.165, 1.54) is 27.8 Å². The zero-order chi connectivity index (χ0) is 52.2. The molecule has 0 spiro atoms. The Hall–Kier alpha value is -5.92. The number of aliphatic hydroxyl groups is 1. The molecule has 5 amide bonds. The number of anilines is 1. The molecule has 4 fully saturated rings. The van der Waals surface area contributed by atoms with Gasteiger partial charge < -0.3 is 35.4 Å². The zero-order valence-electron chi connectivity index (χ0n) is 41.2. The van der Waals surface area contributed by atoms with Gasteiger partial charge in [0.25, 0.3) is 0 Å². The van der Waals surface area contributed by atoms with Gasteiger partial charge in [-0.1, -0.05) is 60.5 Å². The van der Waals surface area contributed by atoms with E-state index in [0.717, 1.165) is 31.2 Å². The number of piperidine rings is 2. The van der Waals surface area contributed by atoms with E-state index in [-0.39, 0.29) is 111 Å². The molecule has 0 bridgehead atoms. The monoisotopic (exact) mass is 1060 g/mol. The lowest BCUT2D eigenvalue weighted by Crippen LogP contribution is -2.51. The van der Waals surface area contributed by atoms with E-state index in [1.54, 1.807) is 13.1 Å². The number of fused-ring (bicyclic) bond motifs is 2. The van der Waals surface area contributed by atoms with Crippen LogP contribution in [0.3, 0.4) is 0 Å². The summed E-state index contributed by atoms with van der Waals surface area (Å²) in [4.78, 5) is 56.8. The number of hydrogen-bond acceptors (Lipinski definition) is 10.